The zero-order chi connectivity index (χ0) is 20.5. The average Bonchev–Trinajstić information content (AvgIpc) is 3.31. The van der Waals surface area contributed by atoms with E-state index in [9.17, 15) is 14.7 Å². The van der Waals surface area contributed by atoms with Gasteiger partial charge in [-0.05, 0) is 35.4 Å². The molecule has 150 valence electrons. The fourth-order valence-corrected chi connectivity index (χ4v) is 3.69. The van der Waals surface area contributed by atoms with Gasteiger partial charge >= 0.3 is 0 Å². The van der Waals surface area contributed by atoms with Crippen molar-refractivity contribution in [2.45, 2.75) is 25.9 Å². The molecule has 7 nitrogen and oxygen atoms in total. The Kier molecular flexibility index (Phi) is 4.88. The van der Waals surface area contributed by atoms with Gasteiger partial charge in [-0.25, -0.2) is 0 Å². The Bertz CT molecular complexity index is 1010. The lowest BCUT2D eigenvalue weighted by molar-refractivity contribution is -0.130. The topological polar surface area (TPSA) is 85.3 Å². The summed E-state index contributed by atoms with van der Waals surface area (Å²) < 4.78 is 16.0. The van der Waals surface area contributed by atoms with E-state index in [2.05, 4.69) is 0 Å². The second kappa shape index (κ2) is 7.50. The van der Waals surface area contributed by atoms with Crippen molar-refractivity contribution in [3.8, 4) is 17.2 Å². The molecule has 0 radical (unpaired) electrons. The van der Waals surface area contributed by atoms with Crippen molar-refractivity contribution >= 4 is 11.7 Å². The van der Waals surface area contributed by atoms with Gasteiger partial charge in [0.1, 0.15) is 5.75 Å². The lowest BCUT2D eigenvalue weighted by Gasteiger charge is -2.27. The van der Waals surface area contributed by atoms with Crippen molar-refractivity contribution in [2.24, 2.45) is 0 Å². The number of ketones is 1. The quantitative estimate of drug-likeness (QED) is 0.808. The molecule has 2 aromatic carbocycles. The minimum Gasteiger partial charge on any atom is -0.503 e. The first-order chi connectivity index (χ1) is 14.0. The Balaban J connectivity index is 1.74. The number of fused-ring (bicyclic) bond motifs is 1. The van der Waals surface area contributed by atoms with E-state index in [4.69, 9.17) is 14.2 Å². The number of rotatable bonds is 6. The van der Waals surface area contributed by atoms with Crippen LogP contribution in [-0.2, 0) is 16.1 Å². The maximum absolute atomic E-state index is 12.9. The highest BCUT2D eigenvalue weighted by atomic mass is 16.7. The molecule has 0 fully saturated rings. The SMILES string of the molecule is CCC(=O)C1=C(O)C(=O)N(Cc2ccc3c(c2)OCO3)C1c1cccc(OC)c1. The van der Waals surface area contributed by atoms with Gasteiger partial charge in [0.25, 0.3) is 5.91 Å². The minimum atomic E-state index is -0.699. The van der Waals surface area contributed by atoms with E-state index < -0.39 is 17.7 Å². The highest BCUT2D eigenvalue weighted by Crippen LogP contribution is 2.41. The summed E-state index contributed by atoms with van der Waals surface area (Å²) >= 11 is 0. The van der Waals surface area contributed by atoms with Crippen molar-refractivity contribution < 1.29 is 28.9 Å². The van der Waals surface area contributed by atoms with Crippen LogP contribution in [0.25, 0.3) is 0 Å². The van der Waals surface area contributed by atoms with Gasteiger partial charge < -0.3 is 24.2 Å². The predicted octanol–water partition coefficient (Wildman–Crippen LogP) is 3.30. The molecular formula is C22H21NO6. The van der Waals surface area contributed by atoms with Crippen LogP contribution in [0, 0.1) is 0 Å². The molecule has 2 aliphatic heterocycles. The Labute approximate surface area is 168 Å². The maximum Gasteiger partial charge on any atom is 0.290 e. The number of hydrogen-bond donors (Lipinski definition) is 1. The van der Waals surface area contributed by atoms with E-state index in [0.29, 0.717) is 22.8 Å². The molecule has 2 aromatic rings. The molecular weight excluding hydrogens is 374 g/mol. The third kappa shape index (κ3) is 3.29. The molecule has 7 heteroatoms. The third-order valence-corrected chi connectivity index (χ3v) is 5.12. The van der Waals surface area contributed by atoms with Crippen LogP contribution >= 0.6 is 0 Å². The summed E-state index contributed by atoms with van der Waals surface area (Å²) in [7, 11) is 1.55. The summed E-state index contributed by atoms with van der Waals surface area (Å²) in [5.41, 5.74) is 1.61. The first-order valence-corrected chi connectivity index (χ1v) is 9.33. The Morgan fingerprint density at radius 1 is 1.21 bits per heavy atom. The smallest absolute Gasteiger partial charge is 0.290 e. The number of nitrogens with zero attached hydrogens (tertiary/aromatic N) is 1. The van der Waals surface area contributed by atoms with Crippen LogP contribution in [0.1, 0.15) is 30.5 Å². The zero-order valence-electron chi connectivity index (χ0n) is 16.2. The number of hydrogen-bond acceptors (Lipinski definition) is 6. The highest BCUT2D eigenvalue weighted by molar-refractivity contribution is 6.08. The first kappa shape index (κ1) is 18.9. The summed E-state index contributed by atoms with van der Waals surface area (Å²) in [6.07, 6.45) is 0.186. The molecule has 1 unspecified atom stereocenters. The Hall–Kier alpha value is -3.48. The van der Waals surface area contributed by atoms with Crippen LogP contribution in [0.4, 0.5) is 0 Å². The fourth-order valence-electron chi connectivity index (χ4n) is 3.69. The lowest BCUT2D eigenvalue weighted by Crippen LogP contribution is -2.30. The van der Waals surface area contributed by atoms with Crippen molar-refractivity contribution in [3.63, 3.8) is 0 Å². The molecule has 0 bridgehead atoms. The molecule has 1 N–H and O–H groups in total. The van der Waals surface area contributed by atoms with E-state index in [1.807, 2.05) is 12.1 Å². The highest BCUT2D eigenvalue weighted by Gasteiger charge is 2.43. The summed E-state index contributed by atoms with van der Waals surface area (Å²) in [5, 5.41) is 10.5. The Morgan fingerprint density at radius 3 is 2.76 bits per heavy atom. The molecule has 1 amide bonds. The normalized spacial score (nSPS) is 17.8. The fraction of sp³-hybridized carbons (Fsp3) is 0.273. The van der Waals surface area contributed by atoms with Crippen LogP contribution in [0.3, 0.4) is 0 Å². The van der Waals surface area contributed by atoms with Crippen LogP contribution in [0.15, 0.2) is 53.8 Å². The van der Waals surface area contributed by atoms with Crippen LogP contribution in [-0.4, -0.2) is 35.6 Å². The predicted molar refractivity (Wildman–Crippen MR) is 104 cm³/mol. The van der Waals surface area contributed by atoms with Crippen molar-refractivity contribution in [1.82, 2.24) is 4.90 Å². The molecule has 0 spiro atoms. The lowest BCUT2D eigenvalue weighted by atomic mass is 9.94. The zero-order valence-corrected chi connectivity index (χ0v) is 16.2. The molecule has 29 heavy (non-hydrogen) atoms. The van der Waals surface area contributed by atoms with Crippen LogP contribution < -0.4 is 14.2 Å². The van der Waals surface area contributed by atoms with Crippen molar-refractivity contribution in [1.29, 1.82) is 0 Å². The van der Waals surface area contributed by atoms with Crippen LogP contribution in [0.5, 0.6) is 17.2 Å². The van der Waals surface area contributed by atoms with Gasteiger partial charge in [-0.3, -0.25) is 9.59 Å². The summed E-state index contributed by atoms with van der Waals surface area (Å²) in [6, 6.07) is 11.9. The third-order valence-electron chi connectivity index (χ3n) is 5.12. The van der Waals surface area contributed by atoms with Gasteiger partial charge in [0.15, 0.2) is 23.0 Å². The largest absolute Gasteiger partial charge is 0.503 e. The number of Topliss-reactive ketones (excluding diaryl/α,β-unsaturated/α-hetero) is 1. The number of aliphatic hydroxyl groups excluding tert-OH is 1. The summed E-state index contributed by atoms with van der Waals surface area (Å²) in [4.78, 5) is 27.0. The van der Waals surface area contributed by atoms with E-state index in [1.165, 1.54) is 4.90 Å². The Morgan fingerprint density at radius 2 is 2.00 bits per heavy atom. The molecule has 0 aromatic heterocycles. The number of carbonyl (C=O) groups excluding carboxylic acids is 2. The number of aliphatic hydroxyl groups is 1. The van der Waals surface area contributed by atoms with Crippen molar-refractivity contribution in [2.75, 3.05) is 13.9 Å². The van der Waals surface area contributed by atoms with Crippen LogP contribution in [0.2, 0.25) is 0 Å². The number of benzene rings is 2. The van der Waals surface area contributed by atoms with Crippen molar-refractivity contribution in [3.05, 3.63) is 64.9 Å². The number of amides is 1. The average molecular weight is 395 g/mol. The molecule has 4 rings (SSSR count). The van der Waals surface area contributed by atoms with E-state index in [1.54, 1.807) is 44.4 Å². The van der Waals surface area contributed by atoms with Gasteiger partial charge in [-0.1, -0.05) is 25.1 Å². The summed E-state index contributed by atoms with van der Waals surface area (Å²) in [5.74, 6) is 0.519. The minimum absolute atomic E-state index is 0.117. The van der Waals surface area contributed by atoms with Gasteiger partial charge in [-0.15, -0.1) is 0 Å². The molecule has 0 aliphatic carbocycles. The van der Waals surface area contributed by atoms with Gasteiger partial charge in [-0.2, -0.15) is 0 Å². The molecule has 0 saturated carbocycles. The number of ether oxygens (including phenoxy) is 3. The molecule has 1 atom stereocenters. The van der Waals surface area contributed by atoms with E-state index >= 15 is 0 Å². The first-order valence-electron chi connectivity index (χ1n) is 9.33. The van der Waals surface area contributed by atoms with Gasteiger partial charge in [0.05, 0.1) is 18.7 Å². The number of methoxy groups -OCH3 is 1. The summed E-state index contributed by atoms with van der Waals surface area (Å²) in [6.45, 7) is 2.06. The second-order valence-corrected chi connectivity index (χ2v) is 6.84. The molecule has 0 saturated heterocycles. The molecule has 2 heterocycles. The monoisotopic (exact) mass is 395 g/mol. The van der Waals surface area contributed by atoms with E-state index in [-0.39, 0.29) is 31.1 Å². The van der Waals surface area contributed by atoms with Gasteiger partial charge in [0, 0.05) is 13.0 Å². The second-order valence-electron chi connectivity index (χ2n) is 6.84. The maximum atomic E-state index is 12.9. The standard InChI is InChI=1S/C22H21NO6/c1-3-16(24)19-20(14-5-4-6-15(10-14)27-2)23(22(26)21(19)25)11-13-7-8-17-18(9-13)29-12-28-17/h4-10,20,25H,3,11-12H2,1-2H3. The van der Waals surface area contributed by atoms with E-state index in [0.717, 1.165) is 5.56 Å². The number of carbonyl (C=O) groups is 2. The molecule has 2 aliphatic rings. The van der Waals surface area contributed by atoms with Gasteiger partial charge in [0.2, 0.25) is 6.79 Å².